The third kappa shape index (κ3) is 1.73. The maximum Gasteiger partial charge on any atom is 0.324 e. The highest BCUT2D eigenvalue weighted by Crippen LogP contribution is 2.15. The van der Waals surface area contributed by atoms with Crippen molar-refractivity contribution in [2.45, 2.75) is 6.54 Å². The van der Waals surface area contributed by atoms with Gasteiger partial charge in [0.25, 0.3) is 0 Å². The van der Waals surface area contributed by atoms with Crippen molar-refractivity contribution in [2.24, 2.45) is 0 Å². The topological polar surface area (TPSA) is 49.4 Å². The molecule has 1 aliphatic rings. The SMILES string of the molecule is O=C1CNC(=O)N1Cc1c(F)cccc1F. The molecule has 1 aromatic carbocycles. The summed E-state index contributed by atoms with van der Waals surface area (Å²) < 4.78 is 26.5. The van der Waals surface area contributed by atoms with E-state index in [9.17, 15) is 18.4 Å². The summed E-state index contributed by atoms with van der Waals surface area (Å²) in [5.41, 5.74) is -0.284. The molecular formula is C10H8F2N2O2. The third-order valence-corrected chi connectivity index (χ3v) is 2.31. The van der Waals surface area contributed by atoms with E-state index in [1.165, 1.54) is 6.07 Å². The van der Waals surface area contributed by atoms with Gasteiger partial charge in [0.15, 0.2) is 0 Å². The normalized spacial score (nSPS) is 15.5. The molecule has 4 nitrogen and oxygen atoms in total. The molecule has 0 saturated carbocycles. The van der Waals surface area contributed by atoms with Crippen LogP contribution in [-0.4, -0.2) is 23.4 Å². The number of imide groups is 1. The van der Waals surface area contributed by atoms with Crippen LogP contribution in [-0.2, 0) is 11.3 Å². The fourth-order valence-corrected chi connectivity index (χ4v) is 1.46. The molecule has 6 heteroatoms. The van der Waals surface area contributed by atoms with Crippen LogP contribution < -0.4 is 5.32 Å². The van der Waals surface area contributed by atoms with Crippen molar-refractivity contribution < 1.29 is 18.4 Å². The Balaban J connectivity index is 2.27. The van der Waals surface area contributed by atoms with E-state index in [-0.39, 0.29) is 18.7 Å². The lowest BCUT2D eigenvalue weighted by Gasteiger charge is -2.13. The standard InChI is InChI=1S/C10H8F2N2O2/c11-7-2-1-3-8(12)6(7)5-14-9(15)4-13-10(14)16/h1-3H,4-5H2,(H,13,16). The smallest absolute Gasteiger partial charge is 0.324 e. The average molecular weight is 226 g/mol. The number of urea groups is 1. The van der Waals surface area contributed by atoms with E-state index in [1.807, 2.05) is 0 Å². The quantitative estimate of drug-likeness (QED) is 0.765. The molecule has 2 rings (SSSR count). The van der Waals surface area contributed by atoms with E-state index in [0.717, 1.165) is 17.0 Å². The van der Waals surface area contributed by atoms with Crippen LogP contribution in [0.3, 0.4) is 0 Å². The van der Waals surface area contributed by atoms with Crippen LogP contribution in [0.25, 0.3) is 0 Å². The van der Waals surface area contributed by atoms with Crippen LogP contribution in [0.5, 0.6) is 0 Å². The Bertz CT molecular complexity index is 426. The summed E-state index contributed by atoms with van der Waals surface area (Å²) >= 11 is 0. The van der Waals surface area contributed by atoms with Crippen molar-refractivity contribution >= 4 is 11.9 Å². The first-order valence-electron chi connectivity index (χ1n) is 4.60. The van der Waals surface area contributed by atoms with Gasteiger partial charge in [-0.05, 0) is 12.1 Å². The molecule has 1 aromatic rings. The fourth-order valence-electron chi connectivity index (χ4n) is 1.46. The Labute approximate surface area is 89.8 Å². The maximum absolute atomic E-state index is 13.2. The van der Waals surface area contributed by atoms with Gasteiger partial charge in [-0.1, -0.05) is 6.07 Å². The maximum atomic E-state index is 13.2. The summed E-state index contributed by atoms with van der Waals surface area (Å²) in [6, 6.07) is 2.75. The van der Waals surface area contributed by atoms with Gasteiger partial charge in [0.1, 0.15) is 11.6 Å². The van der Waals surface area contributed by atoms with Gasteiger partial charge in [-0.2, -0.15) is 0 Å². The van der Waals surface area contributed by atoms with E-state index < -0.39 is 23.6 Å². The van der Waals surface area contributed by atoms with Gasteiger partial charge in [0.2, 0.25) is 5.91 Å². The molecule has 1 heterocycles. The second-order valence-corrected chi connectivity index (χ2v) is 3.34. The first kappa shape index (κ1) is 10.5. The van der Waals surface area contributed by atoms with Crippen molar-refractivity contribution in [3.8, 4) is 0 Å². The number of rotatable bonds is 2. The van der Waals surface area contributed by atoms with Gasteiger partial charge in [-0.25, -0.2) is 13.6 Å². The number of carbonyl (C=O) groups is 2. The first-order chi connectivity index (χ1) is 7.59. The minimum absolute atomic E-state index is 0.130. The van der Waals surface area contributed by atoms with E-state index >= 15 is 0 Å². The van der Waals surface area contributed by atoms with Gasteiger partial charge in [-0.3, -0.25) is 9.69 Å². The predicted octanol–water partition coefficient (Wildman–Crippen LogP) is 1.02. The lowest BCUT2D eigenvalue weighted by molar-refractivity contribution is -0.125. The molecule has 0 unspecified atom stereocenters. The Kier molecular flexibility index (Phi) is 2.55. The van der Waals surface area contributed by atoms with Gasteiger partial charge < -0.3 is 5.32 Å². The van der Waals surface area contributed by atoms with E-state index in [0.29, 0.717) is 0 Å². The van der Waals surface area contributed by atoms with Crippen LogP contribution in [0.4, 0.5) is 13.6 Å². The van der Waals surface area contributed by atoms with Gasteiger partial charge >= 0.3 is 6.03 Å². The highest BCUT2D eigenvalue weighted by molar-refractivity contribution is 6.01. The molecule has 0 radical (unpaired) electrons. The molecule has 3 amide bonds. The minimum atomic E-state index is -0.771. The van der Waals surface area contributed by atoms with Crippen molar-refractivity contribution in [3.63, 3.8) is 0 Å². The Morgan fingerprint density at radius 3 is 2.38 bits per heavy atom. The fraction of sp³-hybridized carbons (Fsp3) is 0.200. The number of benzene rings is 1. The summed E-state index contributed by atoms with van der Waals surface area (Å²) in [4.78, 5) is 23.1. The molecule has 84 valence electrons. The number of halogens is 2. The number of hydrogen-bond acceptors (Lipinski definition) is 2. The molecule has 1 saturated heterocycles. The van der Waals surface area contributed by atoms with Crippen LogP contribution >= 0.6 is 0 Å². The molecule has 0 aliphatic carbocycles. The number of carbonyl (C=O) groups excluding carboxylic acids is 2. The van der Waals surface area contributed by atoms with Crippen LogP contribution in [0.15, 0.2) is 18.2 Å². The van der Waals surface area contributed by atoms with Gasteiger partial charge in [-0.15, -0.1) is 0 Å². The molecule has 0 aromatic heterocycles. The van der Waals surface area contributed by atoms with Crippen molar-refractivity contribution in [2.75, 3.05) is 6.54 Å². The average Bonchev–Trinajstić information content (AvgIpc) is 2.54. The largest absolute Gasteiger partial charge is 0.329 e. The molecule has 0 bridgehead atoms. The van der Waals surface area contributed by atoms with Crippen molar-refractivity contribution in [1.82, 2.24) is 10.2 Å². The van der Waals surface area contributed by atoms with E-state index in [1.54, 1.807) is 0 Å². The molecule has 1 N–H and O–H groups in total. The molecular weight excluding hydrogens is 218 g/mol. The molecule has 16 heavy (non-hydrogen) atoms. The van der Waals surface area contributed by atoms with E-state index in [2.05, 4.69) is 5.32 Å². The zero-order valence-corrected chi connectivity index (χ0v) is 8.17. The zero-order chi connectivity index (χ0) is 11.7. The minimum Gasteiger partial charge on any atom is -0.329 e. The Hall–Kier alpha value is -1.98. The van der Waals surface area contributed by atoms with Crippen LogP contribution in [0, 0.1) is 11.6 Å². The van der Waals surface area contributed by atoms with Crippen molar-refractivity contribution in [1.29, 1.82) is 0 Å². The second kappa shape index (κ2) is 3.88. The second-order valence-electron chi connectivity index (χ2n) is 3.34. The van der Waals surface area contributed by atoms with Gasteiger partial charge in [0, 0.05) is 5.56 Å². The molecule has 1 fully saturated rings. The van der Waals surface area contributed by atoms with Crippen LogP contribution in [0.1, 0.15) is 5.56 Å². The zero-order valence-electron chi connectivity index (χ0n) is 8.17. The summed E-state index contributed by atoms with van der Waals surface area (Å²) in [7, 11) is 0. The molecule has 1 aliphatic heterocycles. The number of hydrogen-bond donors (Lipinski definition) is 1. The summed E-state index contributed by atoms with van der Waals surface area (Å²) in [5.74, 6) is -2.03. The third-order valence-electron chi connectivity index (χ3n) is 2.31. The lowest BCUT2D eigenvalue weighted by atomic mass is 10.2. The van der Waals surface area contributed by atoms with Crippen LogP contribution in [0.2, 0.25) is 0 Å². The highest BCUT2D eigenvalue weighted by Gasteiger charge is 2.29. The summed E-state index contributed by atoms with van der Waals surface area (Å²) in [6.07, 6.45) is 0. The lowest BCUT2D eigenvalue weighted by Crippen LogP contribution is -2.31. The Morgan fingerprint density at radius 1 is 1.25 bits per heavy atom. The number of nitrogens with one attached hydrogen (secondary N) is 1. The monoisotopic (exact) mass is 226 g/mol. The summed E-state index contributed by atoms with van der Waals surface area (Å²) in [6.45, 7) is -0.516. The molecule has 0 atom stereocenters. The highest BCUT2D eigenvalue weighted by atomic mass is 19.1. The summed E-state index contributed by atoms with van der Waals surface area (Å²) in [5, 5.41) is 2.27. The Morgan fingerprint density at radius 2 is 1.88 bits per heavy atom. The van der Waals surface area contributed by atoms with Gasteiger partial charge in [0.05, 0.1) is 13.1 Å². The van der Waals surface area contributed by atoms with E-state index in [4.69, 9.17) is 0 Å². The first-order valence-corrected chi connectivity index (χ1v) is 4.60. The van der Waals surface area contributed by atoms with Crippen molar-refractivity contribution in [3.05, 3.63) is 35.4 Å². The number of nitrogens with zero attached hydrogens (tertiary/aromatic N) is 1. The number of amides is 3. The molecule has 0 spiro atoms. The predicted molar refractivity (Wildman–Crippen MR) is 50.3 cm³/mol.